The van der Waals surface area contributed by atoms with E-state index in [0.717, 1.165) is 31.4 Å². The van der Waals surface area contributed by atoms with Crippen LogP contribution in [0.25, 0.3) is 0 Å². The summed E-state index contributed by atoms with van der Waals surface area (Å²) in [4.78, 5) is 0. The van der Waals surface area contributed by atoms with Crippen molar-refractivity contribution in [3.63, 3.8) is 0 Å². The number of rotatable bonds is 8. The van der Waals surface area contributed by atoms with Crippen LogP contribution in [0.15, 0.2) is 18.2 Å². The molecule has 0 atom stereocenters. The average Bonchev–Trinajstić information content (AvgIpc) is 2.34. The molecule has 0 aliphatic heterocycles. The summed E-state index contributed by atoms with van der Waals surface area (Å²) >= 11 is 0. The van der Waals surface area contributed by atoms with E-state index >= 15 is 0 Å². The highest BCUT2D eigenvalue weighted by Crippen LogP contribution is 2.32. The topological polar surface area (TPSA) is 44.5 Å². The first-order valence-electron chi connectivity index (χ1n) is 6.30. The summed E-state index contributed by atoms with van der Waals surface area (Å²) in [5.41, 5.74) is 5.34. The highest BCUT2D eigenvalue weighted by atomic mass is 19.4. The van der Waals surface area contributed by atoms with Gasteiger partial charge in [0.15, 0.2) is 11.5 Å². The van der Waals surface area contributed by atoms with E-state index < -0.39 is 17.9 Å². The third kappa shape index (κ3) is 6.60. The molecule has 1 rings (SSSR count). The molecule has 1 aromatic carbocycles. The molecule has 20 heavy (non-hydrogen) atoms. The molecule has 0 heterocycles. The zero-order chi connectivity index (χ0) is 15.0. The van der Waals surface area contributed by atoms with Crippen molar-refractivity contribution in [2.24, 2.45) is 5.73 Å². The van der Waals surface area contributed by atoms with Crippen LogP contribution in [0, 0.1) is 5.82 Å². The van der Waals surface area contributed by atoms with Crippen LogP contribution in [-0.2, 0) is 0 Å². The van der Waals surface area contributed by atoms with E-state index in [0.29, 0.717) is 19.0 Å². The highest BCUT2D eigenvalue weighted by Gasteiger charge is 2.32. The van der Waals surface area contributed by atoms with Crippen LogP contribution in [0.1, 0.15) is 25.7 Å². The molecular formula is C13H17F4NO2. The van der Waals surface area contributed by atoms with Gasteiger partial charge in [0.25, 0.3) is 0 Å². The smallest absolute Gasteiger partial charge is 0.490 e. The summed E-state index contributed by atoms with van der Waals surface area (Å²) in [6.45, 7) is 0.854. The molecule has 7 heteroatoms. The molecule has 0 aliphatic carbocycles. The van der Waals surface area contributed by atoms with Crippen molar-refractivity contribution >= 4 is 0 Å². The third-order valence-corrected chi connectivity index (χ3v) is 2.49. The van der Waals surface area contributed by atoms with E-state index in [1.54, 1.807) is 0 Å². The first-order chi connectivity index (χ1) is 9.42. The van der Waals surface area contributed by atoms with Crippen molar-refractivity contribution in [3.05, 3.63) is 24.0 Å². The van der Waals surface area contributed by atoms with Gasteiger partial charge >= 0.3 is 6.36 Å². The highest BCUT2D eigenvalue weighted by molar-refractivity contribution is 5.40. The minimum absolute atomic E-state index is 0.123. The lowest BCUT2D eigenvalue weighted by atomic mass is 10.2. The second-order valence-corrected chi connectivity index (χ2v) is 4.19. The van der Waals surface area contributed by atoms with Gasteiger partial charge in [-0.2, -0.15) is 0 Å². The Balaban J connectivity index is 2.51. The van der Waals surface area contributed by atoms with E-state index in [1.165, 1.54) is 0 Å². The molecule has 0 aromatic heterocycles. The van der Waals surface area contributed by atoms with Crippen molar-refractivity contribution in [3.8, 4) is 11.5 Å². The number of ether oxygens (including phenoxy) is 2. The van der Waals surface area contributed by atoms with E-state index in [9.17, 15) is 17.6 Å². The molecule has 0 amide bonds. The Hall–Kier alpha value is -1.50. The zero-order valence-electron chi connectivity index (χ0n) is 10.9. The normalized spacial score (nSPS) is 11.4. The lowest BCUT2D eigenvalue weighted by Gasteiger charge is -2.14. The number of alkyl halides is 3. The van der Waals surface area contributed by atoms with E-state index in [4.69, 9.17) is 10.5 Å². The standard InChI is InChI=1S/C13H17F4NO2/c14-10-5-6-11(12(9-10)20-13(15,16)17)19-8-4-2-1-3-7-18/h5-6,9H,1-4,7-8,18H2. The van der Waals surface area contributed by atoms with Crippen molar-refractivity contribution in [1.82, 2.24) is 0 Å². The number of nitrogens with two attached hydrogens (primary N) is 1. The number of halogens is 4. The number of unbranched alkanes of at least 4 members (excludes halogenated alkanes) is 3. The van der Waals surface area contributed by atoms with Gasteiger partial charge in [-0.1, -0.05) is 12.8 Å². The minimum atomic E-state index is -4.88. The average molecular weight is 295 g/mol. The van der Waals surface area contributed by atoms with Gasteiger partial charge in [0.05, 0.1) is 6.61 Å². The van der Waals surface area contributed by atoms with Gasteiger partial charge in [-0.05, 0) is 31.5 Å². The number of hydrogen-bond acceptors (Lipinski definition) is 3. The quantitative estimate of drug-likeness (QED) is 0.588. The second kappa shape index (κ2) is 7.94. The van der Waals surface area contributed by atoms with Gasteiger partial charge < -0.3 is 15.2 Å². The Kier molecular flexibility index (Phi) is 6.57. The summed E-state index contributed by atoms with van der Waals surface area (Å²) in [6, 6.07) is 2.79. The molecule has 0 spiro atoms. The molecule has 0 radical (unpaired) electrons. The molecule has 0 saturated carbocycles. The number of benzene rings is 1. The maximum Gasteiger partial charge on any atom is 0.573 e. The summed E-state index contributed by atoms with van der Waals surface area (Å²) in [7, 11) is 0. The van der Waals surface area contributed by atoms with Crippen LogP contribution in [-0.4, -0.2) is 19.5 Å². The lowest BCUT2D eigenvalue weighted by Crippen LogP contribution is -2.18. The van der Waals surface area contributed by atoms with E-state index in [1.807, 2.05) is 0 Å². The van der Waals surface area contributed by atoms with Crippen LogP contribution in [0.3, 0.4) is 0 Å². The molecular weight excluding hydrogens is 278 g/mol. The largest absolute Gasteiger partial charge is 0.573 e. The summed E-state index contributed by atoms with van der Waals surface area (Å²) in [5, 5.41) is 0. The summed E-state index contributed by atoms with van der Waals surface area (Å²) < 4.78 is 58.4. The van der Waals surface area contributed by atoms with Crippen molar-refractivity contribution in [2.75, 3.05) is 13.2 Å². The monoisotopic (exact) mass is 295 g/mol. The minimum Gasteiger partial charge on any atom is -0.490 e. The fourth-order valence-corrected chi connectivity index (χ4v) is 1.59. The van der Waals surface area contributed by atoms with Crippen molar-refractivity contribution in [1.29, 1.82) is 0 Å². The van der Waals surface area contributed by atoms with Gasteiger partial charge in [0, 0.05) is 6.07 Å². The maximum atomic E-state index is 12.9. The second-order valence-electron chi connectivity index (χ2n) is 4.19. The fraction of sp³-hybridized carbons (Fsp3) is 0.538. The first-order valence-corrected chi connectivity index (χ1v) is 6.30. The Morgan fingerprint density at radius 1 is 1.00 bits per heavy atom. The maximum absolute atomic E-state index is 12.9. The van der Waals surface area contributed by atoms with Gasteiger partial charge in [-0.15, -0.1) is 13.2 Å². The molecule has 1 aromatic rings. The Labute approximate surface area is 114 Å². The molecule has 114 valence electrons. The van der Waals surface area contributed by atoms with Crippen LogP contribution in [0.5, 0.6) is 11.5 Å². The van der Waals surface area contributed by atoms with Crippen molar-refractivity contribution < 1.29 is 27.0 Å². The van der Waals surface area contributed by atoms with Crippen LogP contribution in [0.2, 0.25) is 0 Å². The molecule has 0 fully saturated rings. The zero-order valence-corrected chi connectivity index (χ0v) is 10.9. The van der Waals surface area contributed by atoms with Crippen LogP contribution in [0.4, 0.5) is 17.6 Å². The van der Waals surface area contributed by atoms with Gasteiger partial charge in [0.1, 0.15) is 5.82 Å². The Bertz CT molecular complexity index is 410. The summed E-state index contributed by atoms with van der Waals surface area (Å²) in [6.07, 6.45) is -1.49. The fourth-order valence-electron chi connectivity index (χ4n) is 1.59. The molecule has 0 bridgehead atoms. The van der Waals surface area contributed by atoms with Gasteiger partial charge in [0.2, 0.25) is 0 Å². The molecule has 2 N–H and O–H groups in total. The molecule has 0 unspecified atom stereocenters. The van der Waals surface area contributed by atoms with Crippen molar-refractivity contribution in [2.45, 2.75) is 32.0 Å². The summed E-state index contributed by atoms with van der Waals surface area (Å²) in [5.74, 6) is -1.61. The van der Waals surface area contributed by atoms with E-state index in [2.05, 4.69) is 4.74 Å². The van der Waals surface area contributed by atoms with E-state index in [-0.39, 0.29) is 12.4 Å². The van der Waals surface area contributed by atoms with Gasteiger partial charge in [-0.25, -0.2) is 4.39 Å². The first kappa shape index (κ1) is 16.6. The third-order valence-electron chi connectivity index (χ3n) is 2.49. The molecule has 0 aliphatic rings. The SMILES string of the molecule is NCCCCCCOc1ccc(F)cc1OC(F)(F)F. The predicted molar refractivity (Wildman–Crippen MR) is 66.1 cm³/mol. The Morgan fingerprint density at radius 3 is 2.35 bits per heavy atom. The van der Waals surface area contributed by atoms with Crippen LogP contribution < -0.4 is 15.2 Å². The van der Waals surface area contributed by atoms with Gasteiger partial charge in [-0.3, -0.25) is 0 Å². The number of hydrogen-bond donors (Lipinski definition) is 1. The predicted octanol–water partition coefficient (Wildman–Crippen LogP) is 3.62. The van der Waals surface area contributed by atoms with Crippen LogP contribution >= 0.6 is 0 Å². The molecule has 0 saturated heterocycles. The lowest BCUT2D eigenvalue weighted by molar-refractivity contribution is -0.275. The molecule has 3 nitrogen and oxygen atoms in total. The Morgan fingerprint density at radius 2 is 1.70 bits per heavy atom.